The van der Waals surface area contributed by atoms with E-state index in [0.717, 1.165) is 0 Å². The second kappa shape index (κ2) is 7.52. The Balaban J connectivity index is 1.45. The number of oxazole rings is 1. The molecule has 0 radical (unpaired) electrons. The van der Waals surface area contributed by atoms with Gasteiger partial charge in [0.1, 0.15) is 5.76 Å². The summed E-state index contributed by atoms with van der Waals surface area (Å²) in [4.78, 5) is 35.3. The maximum absolute atomic E-state index is 11.9. The molecule has 0 atom stereocenters. The minimum Gasteiger partial charge on any atom is -0.467 e. The van der Waals surface area contributed by atoms with E-state index in [9.17, 15) is 14.4 Å². The molecule has 0 aliphatic rings. The zero-order valence-corrected chi connectivity index (χ0v) is 13.4. The van der Waals surface area contributed by atoms with Gasteiger partial charge in [-0.2, -0.15) is 0 Å². The fraction of sp³-hybridized carbons (Fsp3) is 0.235. The first-order valence-corrected chi connectivity index (χ1v) is 7.77. The molecule has 0 aliphatic carbocycles. The van der Waals surface area contributed by atoms with E-state index in [1.807, 2.05) is 0 Å². The Kier molecular flexibility index (Phi) is 4.98. The minimum absolute atomic E-state index is 0.0644. The monoisotopic (exact) mass is 343 g/mol. The summed E-state index contributed by atoms with van der Waals surface area (Å²) in [5.41, 5.74) is 1.11. The minimum atomic E-state index is -0.509. The standard InChI is InChI=1S/C17H17N3O5/c21-15(19-11-16(22)18-10-12-4-3-9-24-12)7-8-20-13-5-1-2-6-14(13)25-17(20)23/h1-6,9H,7-8,10-11H2,(H,18,22)(H,19,21). The topological polar surface area (TPSA) is 106 Å². The van der Waals surface area contributed by atoms with E-state index in [2.05, 4.69) is 10.6 Å². The lowest BCUT2D eigenvalue weighted by molar-refractivity contribution is -0.126. The van der Waals surface area contributed by atoms with Crippen LogP contribution in [0.15, 0.2) is 56.3 Å². The lowest BCUT2D eigenvalue weighted by Gasteiger charge is -2.06. The molecule has 0 spiro atoms. The number of carbonyl (C=O) groups is 2. The predicted molar refractivity (Wildman–Crippen MR) is 88.7 cm³/mol. The second-order valence-corrected chi connectivity index (χ2v) is 5.37. The predicted octanol–water partition coefficient (Wildman–Crippen LogP) is 1.01. The highest BCUT2D eigenvalue weighted by Crippen LogP contribution is 2.11. The summed E-state index contributed by atoms with van der Waals surface area (Å²) in [6.07, 6.45) is 1.58. The molecule has 2 N–H and O–H groups in total. The fourth-order valence-electron chi connectivity index (χ4n) is 2.37. The average molecular weight is 343 g/mol. The molecule has 8 heteroatoms. The molecule has 2 aromatic heterocycles. The quantitative estimate of drug-likeness (QED) is 0.666. The van der Waals surface area contributed by atoms with Crippen molar-refractivity contribution in [3.8, 4) is 0 Å². The van der Waals surface area contributed by atoms with Gasteiger partial charge in [0.15, 0.2) is 5.58 Å². The molecule has 25 heavy (non-hydrogen) atoms. The van der Waals surface area contributed by atoms with Crippen LogP contribution in [0.25, 0.3) is 11.1 Å². The van der Waals surface area contributed by atoms with Crippen LogP contribution in [0.4, 0.5) is 0 Å². The Morgan fingerprint density at radius 3 is 2.68 bits per heavy atom. The van der Waals surface area contributed by atoms with Gasteiger partial charge >= 0.3 is 5.76 Å². The number of furan rings is 1. The van der Waals surface area contributed by atoms with E-state index < -0.39 is 5.76 Å². The fourth-order valence-corrected chi connectivity index (χ4v) is 2.37. The first-order chi connectivity index (χ1) is 12.1. The number of amides is 2. The Morgan fingerprint density at radius 1 is 1.04 bits per heavy atom. The Morgan fingerprint density at radius 2 is 1.88 bits per heavy atom. The molecule has 8 nitrogen and oxygen atoms in total. The number of para-hydroxylation sites is 2. The van der Waals surface area contributed by atoms with Gasteiger partial charge in [-0.15, -0.1) is 0 Å². The number of nitrogens with one attached hydrogen (secondary N) is 2. The number of benzene rings is 1. The third-order valence-corrected chi connectivity index (χ3v) is 3.62. The molecule has 2 heterocycles. The molecule has 0 fully saturated rings. The van der Waals surface area contributed by atoms with Crippen molar-refractivity contribution in [3.05, 3.63) is 59.0 Å². The van der Waals surface area contributed by atoms with Crippen molar-refractivity contribution in [2.24, 2.45) is 0 Å². The Labute approximate surface area is 142 Å². The van der Waals surface area contributed by atoms with Gasteiger partial charge in [0.2, 0.25) is 11.8 Å². The van der Waals surface area contributed by atoms with Crippen LogP contribution in [0.5, 0.6) is 0 Å². The summed E-state index contributed by atoms with van der Waals surface area (Å²) in [6.45, 7) is 0.300. The van der Waals surface area contributed by atoms with Crippen LogP contribution in [-0.4, -0.2) is 22.9 Å². The van der Waals surface area contributed by atoms with E-state index in [1.165, 1.54) is 10.8 Å². The molecule has 0 saturated carbocycles. The summed E-state index contributed by atoms with van der Waals surface area (Å²) >= 11 is 0. The average Bonchev–Trinajstić information content (AvgIpc) is 3.23. The van der Waals surface area contributed by atoms with Crippen molar-refractivity contribution in [1.82, 2.24) is 15.2 Å². The molecule has 3 aromatic rings. The summed E-state index contributed by atoms with van der Waals surface area (Å²) in [5, 5.41) is 5.14. The van der Waals surface area contributed by atoms with Gasteiger partial charge in [-0.25, -0.2) is 4.79 Å². The van der Waals surface area contributed by atoms with Crippen LogP contribution >= 0.6 is 0 Å². The maximum Gasteiger partial charge on any atom is 0.419 e. The summed E-state index contributed by atoms with van der Waals surface area (Å²) in [6, 6.07) is 10.5. The number of hydrogen-bond donors (Lipinski definition) is 2. The van der Waals surface area contributed by atoms with Crippen molar-refractivity contribution in [2.75, 3.05) is 6.54 Å². The number of hydrogen-bond acceptors (Lipinski definition) is 5. The van der Waals surface area contributed by atoms with Gasteiger partial charge in [0.05, 0.1) is 24.9 Å². The SMILES string of the molecule is O=C(CCn1c(=O)oc2ccccc21)NCC(=O)NCc1ccco1. The highest BCUT2D eigenvalue weighted by molar-refractivity contribution is 5.84. The first kappa shape index (κ1) is 16.6. The normalized spacial score (nSPS) is 10.7. The zero-order chi connectivity index (χ0) is 17.6. The smallest absolute Gasteiger partial charge is 0.419 e. The van der Waals surface area contributed by atoms with Crippen LogP contribution in [-0.2, 0) is 22.7 Å². The van der Waals surface area contributed by atoms with E-state index in [-0.39, 0.29) is 37.9 Å². The van der Waals surface area contributed by atoms with Gasteiger partial charge in [0.25, 0.3) is 0 Å². The van der Waals surface area contributed by atoms with Crippen LogP contribution in [0, 0.1) is 0 Å². The molecule has 3 rings (SSSR count). The molecular weight excluding hydrogens is 326 g/mol. The highest BCUT2D eigenvalue weighted by Gasteiger charge is 2.11. The number of rotatable bonds is 7. The second-order valence-electron chi connectivity index (χ2n) is 5.37. The van der Waals surface area contributed by atoms with Gasteiger partial charge in [-0.05, 0) is 24.3 Å². The summed E-state index contributed by atoms with van der Waals surface area (Å²) < 4.78 is 11.6. The summed E-state index contributed by atoms with van der Waals surface area (Å²) in [7, 11) is 0. The van der Waals surface area contributed by atoms with Crippen molar-refractivity contribution < 1.29 is 18.4 Å². The van der Waals surface area contributed by atoms with Crippen LogP contribution < -0.4 is 16.4 Å². The van der Waals surface area contributed by atoms with Crippen LogP contribution in [0.3, 0.4) is 0 Å². The molecule has 130 valence electrons. The van der Waals surface area contributed by atoms with Gasteiger partial charge < -0.3 is 19.5 Å². The number of carbonyl (C=O) groups excluding carboxylic acids is 2. The van der Waals surface area contributed by atoms with E-state index in [4.69, 9.17) is 8.83 Å². The van der Waals surface area contributed by atoms with Crippen LogP contribution in [0.1, 0.15) is 12.2 Å². The van der Waals surface area contributed by atoms with E-state index in [0.29, 0.717) is 16.9 Å². The van der Waals surface area contributed by atoms with Gasteiger partial charge in [-0.1, -0.05) is 12.1 Å². The van der Waals surface area contributed by atoms with E-state index in [1.54, 1.807) is 36.4 Å². The summed E-state index contributed by atoms with van der Waals surface area (Å²) in [5.74, 6) is -0.530. The van der Waals surface area contributed by atoms with Crippen molar-refractivity contribution in [2.45, 2.75) is 19.5 Å². The number of nitrogens with zero attached hydrogens (tertiary/aromatic N) is 1. The van der Waals surface area contributed by atoms with E-state index >= 15 is 0 Å². The van der Waals surface area contributed by atoms with Crippen LogP contribution in [0.2, 0.25) is 0 Å². The van der Waals surface area contributed by atoms with Gasteiger partial charge in [0, 0.05) is 13.0 Å². The molecule has 2 amide bonds. The largest absolute Gasteiger partial charge is 0.467 e. The first-order valence-electron chi connectivity index (χ1n) is 7.77. The van der Waals surface area contributed by atoms with Gasteiger partial charge in [-0.3, -0.25) is 14.2 Å². The zero-order valence-electron chi connectivity index (χ0n) is 13.4. The number of fused-ring (bicyclic) bond motifs is 1. The van der Waals surface area contributed by atoms with Crippen molar-refractivity contribution in [3.63, 3.8) is 0 Å². The maximum atomic E-state index is 11.9. The number of aryl methyl sites for hydroxylation is 1. The Bertz CT molecular complexity index is 923. The Hall–Kier alpha value is -3.29. The molecular formula is C17H17N3O5. The molecule has 0 aliphatic heterocycles. The van der Waals surface area contributed by atoms with Crippen molar-refractivity contribution >= 4 is 22.9 Å². The lowest BCUT2D eigenvalue weighted by atomic mass is 10.3. The highest BCUT2D eigenvalue weighted by atomic mass is 16.4. The molecule has 0 unspecified atom stereocenters. The molecule has 0 saturated heterocycles. The molecule has 1 aromatic carbocycles. The lowest BCUT2D eigenvalue weighted by Crippen LogP contribution is -2.37. The third kappa shape index (κ3) is 4.17. The van der Waals surface area contributed by atoms with Crippen molar-refractivity contribution in [1.29, 1.82) is 0 Å². The molecule has 0 bridgehead atoms. The third-order valence-electron chi connectivity index (χ3n) is 3.62. The number of aromatic nitrogens is 1.